The third kappa shape index (κ3) is 4.75. The molecule has 0 aliphatic carbocycles. The zero-order valence-corrected chi connectivity index (χ0v) is 14.6. The highest BCUT2D eigenvalue weighted by Crippen LogP contribution is 2.33. The van der Waals surface area contributed by atoms with Crippen molar-refractivity contribution in [2.75, 3.05) is 6.54 Å². The van der Waals surface area contributed by atoms with Gasteiger partial charge in [-0.2, -0.15) is 13.2 Å². The fourth-order valence-corrected chi connectivity index (χ4v) is 3.04. The molecule has 1 aliphatic heterocycles. The molecule has 26 heavy (non-hydrogen) atoms. The summed E-state index contributed by atoms with van der Waals surface area (Å²) in [5.74, 6) is -1.75. The molecule has 2 rings (SSSR count). The van der Waals surface area contributed by atoms with E-state index in [-0.39, 0.29) is 37.0 Å². The van der Waals surface area contributed by atoms with Crippen molar-refractivity contribution < 1.29 is 22.7 Å². The molecular formula is C16H22F3N3O4. The van der Waals surface area contributed by atoms with Crippen LogP contribution in [0.3, 0.4) is 0 Å². The number of nitrogens with one attached hydrogen (secondary N) is 2. The van der Waals surface area contributed by atoms with Crippen molar-refractivity contribution in [1.29, 1.82) is 0 Å². The fourth-order valence-electron chi connectivity index (χ4n) is 3.04. The molecule has 1 amide bonds. The van der Waals surface area contributed by atoms with E-state index >= 15 is 0 Å². The Labute approximate surface area is 147 Å². The van der Waals surface area contributed by atoms with Crippen molar-refractivity contribution in [1.82, 2.24) is 14.9 Å². The molecule has 10 heteroatoms. The molecule has 7 nitrogen and oxygen atoms in total. The molecular weight excluding hydrogens is 355 g/mol. The Hall–Kier alpha value is -2.10. The van der Waals surface area contributed by atoms with E-state index in [4.69, 9.17) is 4.74 Å². The maximum Gasteiger partial charge on any atom is 0.471 e. The van der Waals surface area contributed by atoms with Crippen LogP contribution in [0.4, 0.5) is 13.2 Å². The number of carbonyl (C=O) groups excluding carboxylic acids is 1. The molecule has 0 saturated carbocycles. The molecule has 0 bridgehead atoms. The van der Waals surface area contributed by atoms with Crippen LogP contribution in [0.1, 0.15) is 44.9 Å². The van der Waals surface area contributed by atoms with Gasteiger partial charge in [-0.15, -0.1) is 0 Å². The topological polar surface area (TPSA) is 93.2 Å². The molecule has 1 saturated heterocycles. The van der Waals surface area contributed by atoms with Crippen molar-refractivity contribution in [2.45, 2.75) is 58.0 Å². The van der Waals surface area contributed by atoms with E-state index in [1.54, 1.807) is 5.32 Å². The number of aryl methyl sites for hydroxylation is 1. The average Bonchev–Trinajstić information content (AvgIpc) is 2.92. The molecule has 3 atom stereocenters. The second kappa shape index (κ2) is 8.07. The van der Waals surface area contributed by atoms with Crippen LogP contribution in [0.15, 0.2) is 15.8 Å². The monoisotopic (exact) mass is 377 g/mol. The molecule has 2 N–H and O–H groups in total. The molecule has 0 aromatic carbocycles. The van der Waals surface area contributed by atoms with Crippen LogP contribution in [0.5, 0.6) is 0 Å². The van der Waals surface area contributed by atoms with Gasteiger partial charge >= 0.3 is 17.8 Å². The van der Waals surface area contributed by atoms with Crippen LogP contribution in [0.2, 0.25) is 0 Å². The highest BCUT2D eigenvalue weighted by molar-refractivity contribution is 5.81. The molecule has 0 radical (unpaired) electrons. The largest absolute Gasteiger partial charge is 0.471 e. The highest BCUT2D eigenvalue weighted by atomic mass is 19.4. The second-order valence-electron chi connectivity index (χ2n) is 6.43. The van der Waals surface area contributed by atoms with E-state index in [1.807, 2.05) is 13.8 Å². The summed E-state index contributed by atoms with van der Waals surface area (Å²) >= 11 is 0. The van der Waals surface area contributed by atoms with Crippen molar-refractivity contribution >= 4 is 5.91 Å². The minimum Gasteiger partial charge on any atom is -0.354 e. The van der Waals surface area contributed by atoms with Crippen LogP contribution in [0.25, 0.3) is 0 Å². The molecule has 2 heterocycles. The lowest BCUT2D eigenvalue weighted by molar-refractivity contribution is -0.173. The van der Waals surface area contributed by atoms with E-state index in [0.29, 0.717) is 6.42 Å². The predicted molar refractivity (Wildman–Crippen MR) is 86.7 cm³/mol. The molecule has 146 valence electrons. The van der Waals surface area contributed by atoms with Gasteiger partial charge in [0.05, 0.1) is 6.10 Å². The van der Waals surface area contributed by atoms with Gasteiger partial charge in [-0.25, -0.2) is 4.79 Å². The smallest absolute Gasteiger partial charge is 0.354 e. The van der Waals surface area contributed by atoms with Crippen LogP contribution < -0.4 is 16.6 Å². The zero-order chi connectivity index (χ0) is 19.5. The van der Waals surface area contributed by atoms with Crippen LogP contribution in [0, 0.1) is 5.92 Å². The number of alkyl halides is 3. The Morgan fingerprint density at radius 2 is 2.12 bits per heavy atom. The first-order chi connectivity index (χ1) is 12.1. The van der Waals surface area contributed by atoms with E-state index in [0.717, 1.165) is 6.42 Å². The maximum absolute atomic E-state index is 12.1. The Balaban J connectivity index is 2.03. The van der Waals surface area contributed by atoms with Gasteiger partial charge in [0.25, 0.3) is 5.56 Å². The quantitative estimate of drug-likeness (QED) is 0.735. The first kappa shape index (κ1) is 20.2. The van der Waals surface area contributed by atoms with Crippen molar-refractivity contribution in [3.63, 3.8) is 0 Å². The number of carbonyl (C=O) groups is 1. The lowest BCUT2D eigenvalue weighted by Crippen LogP contribution is -2.37. The maximum atomic E-state index is 12.1. The summed E-state index contributed by atoms with van der Waals surface area (Å²) in [6.07, 6.45) is -2.31. The van der Waals surface area contributed by atoms with Gasteiger partial charge < -0.3 is 10.1 Å². The Bertz CT molecular complexity index is 756. The summed E-state index contributed by atoms with van der Waals surface area (Å²) < 4.78 is 43.5. The van der Waals surface area contributed by atoms with Crippen LogP contribution >= 0.6 is 0 Å². The number of rotatable bonds is 6. The number of aromatic amines is 1. The SMILES string of the molecule is CCC1OC(n2cc(CCCNC(=O)C(F)(F)F)c(=O)[nH]c2=O)CC1C. The lowest BCUT2D eigenvalue weighted by Gasteiger charge is -2.16. The second-order valence-corrected chi connectivity index (χ2v) is 6.43. The number of ether oxygens (including phenoxy) is 1. The summed E-state index contributed by atoms with van der Waals surface area (Å²) in [4.78, 5) is 36.9. The van der Waals surface area contributed by atoms with Gasteiger partial charge in [-0.05, 0) is 31.6 Å². The first-order valence-electron chi connectivity index (χ1n) is 8.48. The Morgan fingerprint density at radius 3 is 2.69 bits per heavy atom. The normalized spacial score (nSPS) is 23.2. The lowest BCUT2D eigenvalue weighted by atomic mass is 10.0. The first-order valence-corrected chi connectivity index (χ1v) is 8.48. The molecule has 0 spiro atoms. The number of aromatic nitrogens is 2. The van der Waals surface area contributed by atoms with E-state index in [2.05, 4.69) is 4.98 Å². The van der Waals surface area contributed by atoms with Gasteiger partial charge in [0.15, 0.2) is 0 Å². The Morgan fingerprint density at radius 1 is 1.42 bits per heavy atom. The number of hydrogen-bond acceptors (Lipinski definition) is 4. The van der Waals surface area contributed by atoms with Crippen LogP contribution in [-0.2, 0) is 16.0 Å². The highest BCUT2D eigenvalue weighted by Gasteiger charge is 2.38. The van der Waals surface area contributed by atoms with E-state index in [9.17, 15) is 27.6 Å². The number of nitrogens with zero attached hydrogens (tertiary/aromatic N) is 1. The summed E-state index contributed by atoms with van der Waals surface area (Å²) in [7, 11) is 0. The molecule has 1 aliphatic rings. The number of hydrogen-bond donors (Lipinski definition) is 2. The van der Waals surface area contributed by atoms with Gasteiger partial charge in [-0.3, -0.25) is 19.1 Å². The predicted octanol–water partition coefficient (Wildman–Crippen LogP) is 1.48. The fraction of sp³-hybridized carbons (Fsp3) is 0.688. The summed E-state index contributed by atoms with van der Waals surface area (Å²) in [6.45, 7) is 3.78. The summed E-state index contributed by atoms with van der Waals surface area (Å²) in [5, 5.41) is 1.74. The Kier molecular flexibility index (Phi) is 6.27. The van der Waals surface area contributed by atoms with Crippen molar-refractivity contribution in [3.05, 3.63) is 32.6 Å². The van der Waals surface area contributed by atoms with Crippen LogP contribution in [-0.4, -0.2) is 34.3 Å². The summed E-state index contributed by atoms with van der Waals surface area (Å²) in [6, 6.07) is 0. The minimum absolute atomic E-state index is 0.0276. The molecule has 1 aromatic rings. The third-order valence-corrected chi connectivity index (χ3v) is 4.46. The van der Waals surface area contributed by atoms with Gasteiger partial charge in [0, 0.05) is 18.3 Å². The molecule has 1 fully saturated rings. The number of H-pyrrole nitrogens is 1. The van der Waals surface area contributed by atoms with Crippen molar-refractivity contribution in [3.8, 4) is 0 Å². The molecule has 3 unspecified atom stereocenters. The number of halogens is 3. The van der Waals surface area contributed by atoms with Gasteiger partial charge in [0.1, 0.15) is 6.23 Å². The zero-order valence-electron chi connectivity index (χ0n) is 14.6. The number of amides is 1. The van der Waals surface area contributed by atoms with E-state index in [1.165, 1.54) is 10.8 Å². The average molecular weight is 377 g/mol. The third-order valence-electron chi connectivity index (χ3n) is 4.46. The molecule has 1 aromatic heterocycles. The van der Waals surface area contributed by atoms with Gasteiger partial charge in [-0.1, -0.05) is 13.8 Å². The minimum atomic E-state index is -4.93. The van der Waals surface area contributed by atoms with Gasteiger partial charge in [0.2, 0.25) is 0 Å². The van der Waals surface area contributed by atoms with Crippen molar-refractivity contribution in [2.24, 2.45) is 5.92 Å². The van der Waals surface area contributed by atoms with E-state index < -0.39 is 29.6 Å². The summed E-state index contributed by atoms with van der Waals surface area (Å²) in [5.41, 5.74) is -0.924. The standard InChI is InChI=1S/C16H22F3N3O4/c1-3-11-9(2)7-12(26-11)22-8-10(13(23)21-15(22)25)5-4-6-20-14(24)16(17,18)19/h8-9,11-12H,3-7H2,1-2H3,(H,20,24)(H,21,23,25).